The van der Waals surface area contributed by atoms with Crippen molar-refractivity contribution >= 4 is 69.3 Å². The molecule has 1 atom stereocenters. The number of halogens is 1. The lowest BCUT2D eigenvalue weighted by molar-refractivity contribution is -0.116. The molecule has 0 aliphatic rings. The molecular weight excluding hydrogens is 684 g/mol. The summed E-state index contributed by atoms with van der Waals surface area (Å²) in [4.78, 5) is 45.6. The summed E-state index contributed by atoms with van der Waals surface area (Å²) < 4.78 is 0. The van der Waals surface area contributed by atoms with Crippen molar-refractivity contribution in [2.45, 2.75) is 17.1 Å². The zero-order valence-corrected chi connectivity index (χ0v) is 29.2. The third-order valence-electron chi connectivity index (χ3n) is 7.50. The Morgan fingerprint density at radius 1 is 0.780 bits per heavy atom. The predicted octanol–water partition coefficient (Wildman–Crippen LogP) is 9.65. The van der Waals surface area contributed by atoms with Gasteiger partial charge in [0.1, 0.15) is 10.9 Å². The molecule has 5 aromatic carbocycles. The summed E-state index contributed by atoms with van der Waals surface area (Å²) in [5.74, 6) is -1.08. The minimum atomic E-state index is -0.572. The van der Waals surface area contributed by atoms with E-state index in [1.54, 1.807) is 54.6 Å². The first kappa shape index (κ1) is 34.4. The van der Waals surface area contributed by atoms with Crippen LogP contribution in [0, 0.1) is 6.92 Å². The lowest BCUT2D eigenvalue weighted by Crippen LogP contribution is -2.30. The summed E-state index contributed by atoms with van der Waals surface area (Å²) in [6, 6.07) is 40.5. The molecule has 7 nitrogen and oxygen atoms in total. The van der Waals surface area contributed by atoms with Crippen molar-refractivity contribution in [2.75, 3.05) is 10.6 Å². The van der Waals surface area contributed by atoms with Crippen LogP contribution in [0.2, 0.25) is 5.02 Å². The Kier molecular flexibility index (Phi) is 11.2. The summed E-state index contributed by atoms with van der Waals surface area (Å²) in [7, 11) is 0. The Bertz CT molecular complexity index is 2120. The number of nitrogens with zero attached hydrogens (tertiary/aromatic N) is 1. The van der Waals surface area contributed by atoms with Gasteiger partial charge in [0, 0.05) is 32.1 Å². The highest BCUT2D eigenvalue weighted by atomic mass is 35.5. The van der Waals surface area contributed by atoms with Crippen molar-refractivity contribution in [3.63, 3.8) is 0 Å². The summed E-state index contributed by atoms with van der Waals surface area (Å²) in [6.07, 6.45) is 1.64. The van der Waals surface area contributed by atoms with E-state index in [2.05, 4.69) is 20.9 Å². The van der Waals surface area contributed by atoms with Gasteiger partial charge in [-0.05, 0) is 72.7 Å². The van der Waals surface area contributed by atoms with Gasteiger partial charge in [0.05, 0.1) is 5.69 Å². The largest absolute Gasteiger partial charge is 0.321 e. The van der Waals surface area contributed by atoms with Gasteiger partial charge in [-0.3, -0.25) is 14.4 Å². The van der Waals surface area contributed by atoms with Gasteiger partial charge in [0.15, 0.2) is 5.13 Å². The number of nitrogens with one attached hydrogen (secondary N) is 3. The predicted molar refractivity (Wildman–Crippen MR) is 204 cm³/mol. The smallest absolute Gasteiger partial charge is 0.272 e. The zero-order valence-electron chi connectivity index (χ0n) is 26.8. The number of thiazole rings is 1. The number of rotatable bonds is 11. The number of anilines is 2. The molecule has 6 rings (SSSR count). The molecule has 0 saturated carbocycles. The lowest BCUT2D eigenvalue weighted by atomic mass is 10.1. The van der Waals surface area contributed by atoms with E-state index in [0.29, 0.717) is 21.4 Å². The van der Waals surface area contributed by atoms with Crippen molar-refractivity contribution in [1.82, 2.24) is 10.3 Å². The summed E-state index contributed by atoms with van der Waals surface area (Å²) in [5, 5.41) is 11.1. The highest BCUT2D eigenvalue weighted by molar-refractivity contribution is 8.00. The second-order valence-corrected chi connectivity index (χ2v) is 13.7. The minimum absolute atomic E-state index is 0.100. The molecule has 50 heavy (non-hydrogen) atoms. The summed E-state index contributed by atoms with van der Waals surface area (Å²) in [5.41, 5.74) is 5.41. The highest BCUT2D eigenvalue weighted by Crippen LogP contribution is 2.37. The van der Waals surface area contributed by atoms with E-state index in [1.807, 2.05) is 97.2 Å². The average molecular weight is 715 g/mol. The molecule has 3 N–H and O–H groups in total. The number of hydrogen-bond donors (Lipinski definition) is 3. The fraction of sp³-hybridized carbons (Fsp3) is 0.0500. The van der Waals surface area contributed by atoms with Crippen LogP contribution in [0.4, 0.5) is 10.8 Å². The minimum Gasteiger partial charge on any atom is -0.321 e. The van der Waals surface area contributed by atoms with E-state index in [4.69, 9.17) is 11.6 Å². The average Bonchev–Trinajstić information content (AvgIpc) is 3.61. The first-order valence-electron chi connectivity index (χ1n) is 15.6. The third-order valence-corrected chi connectivity index (χ3v) is 9.77. The second kappa shape index (κ2) is 16.3. The van der Waals surface area contributed by atoms with Crippen LogP contribution in [0.5, 0.6) is 0 Å². The molecule has 6 aromatic rings. The van der Waals surface area contributed by atoms with Crippen molar-refractivity contribution in [3.8, 4) is 11.3 Å². The number of carbonyl (C=O) groups excluding carboxylic acids is 3. The molecule has 0 bridgehead atoms. The fourth-order valence-electron chi connectivity index (χ4n) is 4.88. The molecule has 0 fully saturated rings. The number of benzene rings is 5. The maximum absolute atomic E-state index is 13.7. The van der Waals surface area contributed by atoms with Crippen molar-refractivity contribution < 1.29 is 14.4 Å². The number of hydrogen-bond acceptors (Lipinski definition) is 6. The van der Waals surface area contributed by atoms with Crippen LogP contribution >= 0.6 is 34.7 Å². The van der Waals surface area contributed by atoms with Crippen LogP contribution in [-0.2, 0) is 9.59 Å². The number of amides is 3. The lowest BCUT2D eigenvalue weighted by Gasteiger charge is -2.17. The van der Waals surface area contributed by atoms with Crippen LogP contribution < -0.4 is 16.0 Å². The Morgan fingerprint density at radius 2 is 1.44 bits per heavy atom. The standard InChI is InChI=1S/C40H31ClN4O3S2/c1-26-12-14-27(15-13-26)24-34(43-37(46)30-10-6-3-7-11-30)38(47)42-32-20-22-33(23-21-32)50-36(29-8-4-2-5-9-29)39(48)45-40-44-35(25-49-40)28-16-18-31(41)19-17-28/h2-25,36H,1H3,(H,42,47)(H,43,46)(H,44,45,48)/b34-24-. The molecule has 1 unspecified atom stereocenters. The van der Waals surface area contributed by atoms with E-state index in [-0.39, 0.29) is 11.6 Å². The van der Waals surface area contributed by atoms with E-state index < -0.39 is 17.1 Å². The molecule has 3 amide bonds. The van der Waals surface area contributed by atoms with Gasteiger partial charge in [-0.15, -0.1) is 23.1 Å². The second-order valence-electron chi connectivity index (χ2n) is 11.2. The van der Waals surface area contributed by atoms with Gasteiger partial charge in [-0.1, -0.05) is 102 Å². The van der Waals surface area contributed by atoms with E-state index in [1.165, 1.54) is 23.1 Å². The Labute approximate surface area is 303 Å². The molecular formula is C40H31ClN4O3S2. The zero-order chi connectivity index (χ0) is 34.9. The Morgan fingerprint density at radius 3 is 2.12 bits per heavy atom. The number of carbonyl (C=O) groups is 3. The first-order chi connectivity index (χ1) is 24.3. The molecule has 0 spiro atoms. The molecule has 248 valence electrons. The van der Waals surface area contributed by atoms with Crippen molar-refractivity contribution in [2.24, 2.45) is 0 Å². The Hall–Kier alpha value is -5.48. The van der Waals surface area contributed by atoms with E-state index in [0.717, 1.165) is 32.8 Å². The summed E-state index contributed by atoms with van der Waals surface area (Å²) in [6.45, 7) is 1.98. The number of thioether (sulfide) groups is 1. The van der Waals surface area contributed by atoms with Crippen LogP contribution in [0.25, 0.3) is 17.3 Å². The first-order valence-corrected chi connectivity index (χ1v) is 17.7. The third kappa shape index (κ3) is 9.15. The molecule has 0 saturated heterocycles. The van der Waals surface area contributed by atoms with Gasteiger partial charge in [-0.2, -0.15) is 0 Å². The van der Waals surface area contributed by atoms with Crippen LogP contribution in [-0.4, -0.2) is 22.7 Å². The quantitative estimate of drug-likeness (QED) is 0.0917. The Balaban J connectivity index is 1.16. The van der Waals surface area contributed by atoms with Crippen LogP contribution in [0.1, 0.15) is 32.3 Å². The van der Waals surface area contributed by atoms with Gasteiger partial charge < -0.3 is 16.0 Å². The van der Waals surface area contributed by atoms with Crippen molar-refractivity contribution in [3.05, 3.63) is 172 Å². The monoisotopic (exact) mass is 714 g/mol. The maximum atomic E-state index is 13.7. The van der Waals surface area contributed by atoms with Crippen LogP contribution in [0.15, 0.2) is 149 Å². The topological polar surface area (TPSA) is 100 Å². The molecule has 10 heteroatoms. The van der Waals surface area contributed by atoms with Gasteiger partial charge in [0.25, 0.3) is 11.8 Å². The highest BCUT2D eigenvalue weighted by Gasteiger charge is 2.23. The maximum Gasteiger partial charge on any atom is 0.272 e. The molecule has 1 aromatic heterocycles. The SMILES string of the molecule is Cc1ccc(/C=C(\NC(=O)c2ccccc2)C(=O)Nc2ccc(SC(C(=O)Nc3nc(-c4ccc(Cl)cc4)cs3)c3ccccc3)cc2)cc1. The number of aryl methyl sites for hydroxylation is 1. The molecule has 0 radical (unpaired) electrons. The van der Waals surface area contributed by atoms with Gasteiger partial charge in [0.2, 0.25) is 5.91 Å². The molecule has 0 aliphatic heterocycles. The van der Waals surface area contributed by atoms with Gasteiger partial charge in [-0.25, -0.2) is 4.98 Å². The van der Waals surface area contributed by atoms with Gasteiger partial charge >= 0.3 is 0 Å². The summed E-state index contributed by atoms with van der Waals surface area (Å²) >= 11 is 8.77. The van der Waals surface area contributed by atoms with E-state index in [9.17, 15) is 14.4 Å². The number of aromatic nitrogens is 1. The molecule has 1 heterocycles. The van der Waals surface area contributed by atoms with Crippen LogP contribution in [0.3, 0.4) is 0 Å². The molecule has 0 aliphatic carbocycles. The van der Waals surface area contributed by atoms with Crippen molar-refractivity contribution in [1.29, 1.82) is 0 Å². The normalized spacial score (nSPS) is 11.8. The van der Waals surface area contributed by atoms with E-state index >= 15 is 0 Å². The fourth-order valence-corrected chi connectivity index (χ4v) is 6.75.